The number of benzene rings is 2. The fourth-order valence-electron chi connectivity index (χ4n) is 3.41. The highest BCUT2D eigenvalue weighted by Gasteiger charge is 2.29. The maximum Gasteiger partial charge on any atom is 0.276 e. The first-order valence-electron chi connectivity index (χ1n) is 9.26. The van der Waals surface area contributed by atoms with Crippen LogP contribution in [0.2, 0.25) is 0 Å². The number of piperazine rings is 1. The first kappa shape index (κ1) is 17.9. The van der Waals surface area contributed by atoms with Gasteiger partial charge in [-0.05, 0) is 12.1 Å². The van der Waals surface area contributed by atoms with Gasteiger partial charge in [-0.3, -0.25) is 9.59 Å². The molecule has 0 radical (unpaired) electrons. The molecule has 142 valence electrons. The van der Waals surface area contributed by atoms with Crippen molar-refractivity contribution in [3.05, 3.63) is 66.4 Å². The fraction of sp³-hybridized carbons (Fsp3) is 0.238. The van der Waals surface area contributed by atoms with Crippen molar-refractivity contribution in [1.82, 2.24) is 24.8 Å². The van der Waals surface area contributed by atoms with Crippen LogP contribution in [0.15, 0.2) is 60.7 Å². The summed E-state index contributed by atoms with van der Waals surface area (Å²) < 4.78 is 1.70. The molecule has 4 rings (SSSR count). The van der Waals surface area contributed by atoms with Crippen molar-refractivity contribution in [2.75, 3.05) is 26.2 Å². The Labute approximate surface area is 163 Å². The Kier molecular flexibility index (Phi) is 4.89. The number of hydrogen-bond acceptors (Lipinski definition) is 4. The SMILES string of the molecule is CC(=O)N1CCN(C(=O)c2nnn(-c3ccccc3)c2-c2ccccc2)CC1. The predicted molar refractivity (Wildman–Crippen MR) is 105 cm³/mol. The molecule has 3 aromatic rings. The normalized spacial score (nSPS) is 14.2. The van der Waals surface area contributed by atoms with Crippen LogP contribution in [0.5, 0.6) is 0 Å². The van der Waals surface area contributed by atoms with E-state index in [-0.39, 0.29) is 11.8 Å². The van der Waals surface area contributed by atoms with Crippen LogP contribution in [0.1, 0.15) is 17.4 Å². The zero-order valence-corrected chi connectivity index (χ0v) is 15.7. The highest BCUT2D eigenvalue weighted by molar-refractivity contribution is 5.98. The fourth-order valence-corrected chi connectivity index (χ4v) is 3.41. The molecule has 0 atom stereocenters. The van der Waals surface area contributed by atoms with Gasteiger partial charge >= 0.3 is 0 Å². The van der Waals surface area contributed by atoms with E-state index in [0.29, 0.717) is 37.6 Å². The molecular formula is C21H21N5O2. The molecule has 1 fully saturated rings. The van der Waals surface area contributed by atoms with Crippen molar-refractivity contribution in [2.24, 2.45) is 0 Å². The van der Waals surface area contributed by atoms with Crippen LogP contribution in [0.25, 0.3) is 16.9 Å². The Morgan fingerprint density at radius 1 is 0.821 bits per heavy atom. The number of nitrogens with zero attached hydrogens (tertiary/aromatic N) is 5. The van der Waals surface area contributed by atoms with Crippen LogP contribution >= 0.6 is 0 Å². The van der Waals surface area contributed by atoms with Gasteiger partial charge in [0.05, 0.1) is 5.69 Å². The highest BCUT2D eigenvalue weighted by atomic mass is 16.2. The maximum atomic E-state index is 13.2. The predicted octanol–water partition coefficient (Wildman–Crippen LogP) is 2.24. The highest BCUT2D eigenvalue weighted by Crippen LogP contribution is 2.26. The number of carbonyl (C=O) groups is 2. The third kappa shape index (κ3) is 3.38. The number of aromatic nitrogens is 3. The summed E-state index contributed by atoms with van der Waals surface area (Å²) in [5, 5.41) is 8.52. The first-order chi connectivity index (χ1) is 13.6. The largest absolute Gasteiger partial charge is 0.339 e. The molecule has 2 aromatic carbocycles. The van der Waals surface area contributed by atoms with Gasteiger partial charge in [0.2, 0.25) is 5.91 Å². The van der Waals surface area contributed by atoms with Gasteiger partial charge in [-0.2, -0.15) is 0 Å². The van der Waals surface area contributed by atoms with E-state index in [1.807, 2.05) is 60.7 Å². The second-order valence-electron chi connectivity index (χ2n) is 6.70. The van der Waals surface area contributed by atoms with Crippen LogP contribution < -0.4 is 0 Å². The minimum absolute atomic E-state index is 0.0343. The average molecular weight is 375 g/mol. The van der Waals surface area contributed by atoms with Crippen LogP contribution in [0.4, 0.5) is 0 Å². The summed E-state index contributed by atoms with van der Waals surface area (Å²) in [4.78, 5) is 28.3. The lowest BCUT2D eigenvalue weighted by Gasteiger charge is -2.33. The Morgan fingerprint density at radius 2 is 1.39 bits per heavy atom. The minimum atomic E-state index is -0.163. The topological polar surface area (TPSA) is 71.3 Å². The third-order valence-corrected chi connectivity index (χ3v) is 4.93. The molecule has 28 heavy (non-hydrogen) atoms. The maximum absolute atomic E-state index is 13.2. The zero-order valence-electron chi connectivity index (χ0n) is 15.7. The van der Waals surface area contributed by atoms with Crippen LogP contribution in [-0.2, 0) is 4.79 Å². The minimum Gasteiger partial charge on any atom is -0.339 e. The van der Waals surface area contributed by atoms with Gasteiger partial charge in [0.15, 0.2) is 5.69 Å². The lowest BCUT2D eigenvalue weighted by molar-refractivity contribution is -0.130. The molecule has 2 amide bonds. The molecule has 0 saturated carbocycles. The molecule has 1 aromatic heterocycles. The van der Waals surface area contributed by atoms with Crippen molar-refractivity contribution in [1.29, 1.82) is 0 Å². The van der Waals surface area contributed by atoms with E-state index in [1.54, 1.807) is 21.4 Å². The smallest absolute Gasteiger partial charge is 0.276 e. The molecule has 0 spiro atoms. The van der Waals surface area contributed by atoms with Gasteiger partial charge in [0.25, 0.3) is 5.91 Å². The number of amides is 2. The van der Waals surface area contributed by atoms with Gasteiger partial charge in [0.1, 0.15) is 5.69 Å². The summed E-state index contributed by atoms with van der Waals surface area (Å²) in [6.07, 6.45) is 0. The summed E-state index contributed by atoms with van der Waals surface area (Å²) in [6, 6.07) is 19.3. The average Bonchev–Trinajstić information content (AvgIpc) is 3.19. The second-order valence-corrected chi connectivity index (χ2v) is 6.70. The summed E-state index contributed by atoms with van der Waals surface area (Å²) >= 11 is 0. The summed E-state index contributed by atoms with van der Waals surface area (Å²) in [7, 11) is 0. The first-order valence-corrected chi connectivity index (χ1v) is 9.26. The van der Waals surface area contributed by atoms with Crippen LogP contribution in [0.3, 0.4) is 0 Å². The van der Waals surface area contributed by atoms with E-state index in [0.717, 1.165) is 11.3 Å². The number of rotatable bonds is 3. The van der Waals surface area contributed by atoms with Gasteiger partial charge in [-0.25, -0.2) is 4.68 Å². The molecule has 0 N–H and O–H groups in total. The molecule has 7 heteroatoms. The van der Waals surface area contributed by atoms with Crippen molar-refractivity contribution >= 4 is 11.8 Å². The number of para-hydroxylation sites is 1. The molecule has 0 aliphatic carbocycles. The Balaban J connectivity index is 1.71. The van der Waals surface area contributed by atoms with Gasteiger partial charge in [0, 0.05) is 38.7 Å². The standard InChI is InChI=1S/C21H21N5O2/c1-16(27)24-12-14-25(15-13-24)21(28)19-20(17-8-4-2-5-9-17)26(23-22-19)18-10-6-3-7-11-18/h2-11H,12-15H2,1H3. The Hall–Kier alpha value is -3.48. The van der Waals surface area contributed by atoms with E-state index >= 15 is 0 Å². The molecule has 1 aliphatic rings. The zero-order chi connectivity index (χ0) is 19.5. The summed E-state index contributed by atoms with van der Waals surface area (Å²) in [6.45, 7) is 3.61. The molecule has 0 bridgehead atoms. The molecular weight excluding hydrogens is 354 g/mol. The lowest BCUT2D eigenvalue weighted by Crippen LogP contribution is -2.50. The second kappa shape index (κ2) is 7.64. The van der Waals surface area contributed by atoms with E-state index in [9.17, 15) is 9.59 Å². The Bertz CT molecular complexity index is 977. The van der Waals surface area contributed by atoms with Gasteiger partial charge < -0.3 is 9.80 Å². The van der Waals surface area contributed by atoms with E-state index in [4.69, 9.17) is 0 Å². The molecule has 7 nitrogen and oxygen atoms in total. The number of hydrogen-bond donors (Lipinski definition) is 0. The van der Waals surface area contributed by atoms with Crippen molar-refractivity contribution in [2.45, 2.75) is 6.92 Å². The van der Waals surface area contributed by atoms with E-state index in [2.05, 4.69) is 10.3 Å². The van der Waals surface area contributed by atoms with Crippen molar-refractivity contribution in [3.8, 4) is 16.9 Å². The summed E-state index contributed by atoms with van der Waals surface area (Å²) in [5.41, 5.74) is 2.72. The molecule has 0 unspecified atom stereocenters. The number of carbonyl (C=O) groups excluding carboxylic acids is 2. The quantitative estimate of drug-likeness (QED) is 0.704. The third-order valence-electron chi connectivity index (χ3n) is 4.93. The molecule has 1 saturated heterocycles. The van der Waals surface area contributed by atoms with Crippen molar-refractivity contribution in [3.63, 3.8) is 0 Å². The van der Waals surface area contributed by atoms with E-state index in [1.165, 1.54) is 0 Å². The van der Waals surface area contributed by atoms with Crippen LogP contribution in [0, 0.1) is 0 Å². The molecule has 1 aliphatic heterocycles. The van der Waals surface area contributed by atoms with Gasteiger partial charge in [-0.1, -0.05) is 53.7 Å². The summed E-state index contributed by atoms with van der Waals surface area (Å²) in [5.74, 6) is -0.128. The lowest BCUT2D eigenvalue weighted by atomic mass is 10.1. The van der Waals surface area contributed by atoms with Crippen LogP contribution in [-0.4, -0.2) is 62.8 Å². The van der Waals surface area contributed by atoms with Gasteiger partial charge in [-0.15, -0.1) is 5.10 Å². The van der Waals surface area contributed by atoms with Crippen molar-refractivity contribution < 1.29 is 9.59 Å². The monoisotopic (exact) mass is 375 g/mol. The Morgan fingerprint density at radius 3 is 2.00 bits per heavy atom. The molecule has 2 heterocycles. The van der Waals surface area contributed by atoms with E-state index < -0.39 is 0 Å².